The monoisotopic (exact) mass is 348 g/mol. The van der Waals surface area contributed by atoms with E-state index in [1.807, 2.05) is 41.1 Å². The summed E-state index contributed by atoms with van der Waals surface area (Å²) in [5, 5.41) is 12.5. The van der Waals surface area contributed by atoms with E-state index in [0.29, 0.717) is 24.6 Å². The Kier molecular flexibility index (Phi) is 5.88. The number of benzene rings is 1. The highest BCUT2D eigenvalue weighted by atomic mass is 16.5. The molecular formula is C21H24N4O. The molecule has 0 aliphatic carbocycles. The van der Waals surface area contributed by atoms with Crippen molar-refractivity contribution >= 4 is 5.65 Å². The van der Waals surface area contributed by atoms with Crippen molar-refractivity contribution in [2.24, 2.45) is 5.92 Å². The molecule has 0 atom stereocenters. The fourth-order valence-corrected chi connectivity index (χ4v) is 2.75. The fourth-order valence-electron chi connectivity index (χ4n) is 2.75. The molecule has 0 radical (unpaired) electrons. The van der Waals surface area contributed by atoms with Gasteiger partial charge < -0.3 is 14.5 Å². The molecule has 3 aromatic rings. The minimum absolute atomic E-state index is 0.626. The topological polar surface area (TPSA) is 62.3 Å². The summed E-state index contributed by atoms with van der Waals surface area (Å²) < 4.78 is 7.90. The second-order valence-corrected chi connectivity index (χ2v) is 6.75. The number of hydrogen-bond donors (Lipinski definition) is 1. The van der Waals surface area contributed by atoms with Gasteiger partial charge in [0, 0.05) is 24.8 Å². The van der Waals surface area contributed by atoms with E-state index in [0.717, 1.165) is 35.7 Å². The molecule has 0 bridgehead atoms. The number of rotatable bonds is 8. The molecule has 1 N–H and O–H groups in total. The first-order valence-corrected chi connectivity index (χ1v) is 8.95. The quantitative estimate of drug-likeness (QED) is 0.670. The van der Waals surface area contributed by atoms with Crippen molar-refractivity contribution in [2.45, 2.75) is 33.4 Å². The SMILES string of the molecule is CC(C)CCOc1ccccc1CNCc1cnc2ccc(C#N)cn12. The number of hydrogen-bond acceptors (Lipinski definition) is 4. The molecule has 0 aliphatic heterocycles. The summed E-state index contributed by atoms with van der Waals surface area (Å²) in [4.78, 5) is 4.38. The van der Waals surface area contributed by atoms with Crippen LogP contribution in [0.15, 0.2) is 48.8 Å². The average molecular weight is 348 g/mol. The van der Waals surface area contributed by atoms with Crippen LogP contribution >= 0.6 is 0 Å². The number of para-hydroxylation sites is 1. The maximum Gasteiger partial charge on any atom is 0.137 e. The molecule has 0 fully saturated rings. The molecule has 0 spiro atoms. The van der Waals surface area contributed by atoms with Gasteiger partial charge in [0.25, 0.3) is 0 Å². The zero-order valence-corrected chi connectivity index (χ0v) is 15.3. The zero-order chi connectivity index (χ0) is 18.4. The highest BCUT2D eigenvalue weighted by Crippen LogP contribution is 2.19. The summed E-state index contributed by atoms with van der Waals surface area (Å²) in [6, 6.07) is 13.9. The van der Waals surface area contributed by atoms with E-state index < -0.39 is 0 Å². The van der Waals surface area contributed by atoms with Crippen LogP contribution in [0, 0.1) is 17.2 Å². The summed E-state index contributed by atoms with van der Waals surface area (Å²) in [6.45, 7) is 6.51. The highest BCUT2D eigenvalue weighted by molar-refractivity contribution is 5.44. The van der Waals surface area contributed by atoms with Gasteiger partial charge in [-0.1, -0.05) is 32.0 Å². The molecule has 0 saturated carbocycles. The molecule has 0 unspecified atom stereocenters. The van der Waals surface area contributed by atoms with Gasteiger partial charge in [-0.2, -0.15) is 5.26 Å². The number of ether oxygens (including phenoxy) is 1. The van der Waals surface area contributed by atoms with Crippen molar-refractivity contribution in [3.05, 3.63) is 65.6 Å². The lowest BCUT2D eigenvalue weighted by Gasteiger charge is -2.13. The van der Waals surface area contributed by atoms with Gasteiger partial charge in [-0.15, -0.1) is 0 Å². The number of nitrogens with zero attached hydrogens (tertiary/aromatic N) is 3. The molecular weight excluding hydrogens is 324 g/mol. The molecule has 5 heteroatoms. The standard InChI is InChI=1S/C21H24N4O/c1-16(2)9-10-26-20-6-4-3-5-18(20)12-23-13-19-14-24-21-8-7-17(11-22)15-25(19)21/h3-8,14-16,23H,9-10,12-13H2,1-2H3. The lowest BCUT2D eigenvalue weighted by Crippen LogP contribution is -2.15. The molecule has 26 heavy (non-hydrogen) atoms. The molecule has 0 saturated heterocycles. The summed E-state index contributed by atoms with van der Waals surface area (Å²) in [6.07, 6.45) is 4.71. The third-order valence-electron chi connectivity index (χ3n) is 4.26. The second kappa shape index (κ2) is 8.50. The van der Waals surface area contributed by atoms with Crippen LogP contribution in [0.5, 0.6) is 5.75 Å². The predicted octanol–water partition coefficient (Wildman–Crippen LogP) is 3.92. The van der Waals surface area contributed by atoms with Crippen LogP contribution in [-0.4, -0.2) is 16.0 Å². The van der Waals surface area contributed by atoms with Gasteiger partial charge >= 0.3 is 0 Å². The summed E-state index contributed by atoms with van der Waals surface area (Å²) in [5.41, 5.74) is 3.64. The van der Waals surface area contributed by atoms with E-state index in [4.69, 9.17) is 10.00 Å². The molecule has 0 aliphatic rings. The fraction of sp³-hybridized carbons (Fsp3) is 0.333. The number of fused-ring (bicyclic) bond motifs is 1. The van der Waals surface area contributed by atoms with E-state index in [1.54, 1.807) is 6.07 Å². The van der Waals surface area contributed by atoms with Crippen LogP contribution < -0.4 is 10.1 Å². The van der Waals surface area contributed by atoms with Crippen molar-refractivity contribution < 1.29 is 4.74 Å². The van der Waals surface area contributed by atoms with Crippen molar-refractivity contribution in [1.82, 2.24) is 14.7 Å². The molecule has 2 heterocycles. The highest BCUT2D eigenvalue weighted by Gasteiger charge is 2.06. The van der Waals surface area contributed by atoms with Crippen LogP contribution in [0.2, 0.25) is 0 Å². The Morgan fingerprint density at radius 1 is 1.19 bits per heavy atom. The van der Waals surface area contributed by atoms with Gasteiger partial charge in [0.1, 0.15) is 17.5 Å². The maximum atomic E-state index is 9.07. The maximum absolute atomic E-state index is 9.07. The van der Waals surface area contributed by atoms with Gasteiger partial charge in [-0.3, -0.25) is 0 Å². The number of nitrogens with one attached hydrogen (secondary N) is 1. The van der Waals surface area contributed by atoms with Crippen molar-refractivity contribution in [2.75, 3.05) is 6.61 Å². The molecule has 1 aromatic carbocycles. The number of aromatic nitrogens is 2. The van der Waals surface area contributed by atoms with E-state index in [2.05, 4.69) is 36.3 Å². The summed E-state index contributed by atoms with van der Waals surface area (Å²) in [5.74, 6) is 1.57. The minimum Gasteiger partial charge on any atom is -0.493 e. The van der Waals surface area contributed by atoms with Crippen molar-refractivity contribution in [1.29, 1.82) is 5.26 Å². The van der Waals surface area contributed by atoms with Gasteiger partial charge in [-0.05, 0) is 30.5 Å². The second-order valence-electron chi connectivity index (χ2n) is 6.75. The Morgan fingerprint density at radius 3 is 2.85 bits per heavy atom. The van der Waals surface area contributed by atoms with Gasteiger partial charge in [0.2, 0.25) is 0 Å². The van der Waals surface area contributed by atoms with E-state index >= 15 is 0 Å². The predicted molar refractivity (Wildman–Crippen MR) is 102 cm³/mol. The third-order valence-corrected chi connectivity index (χ3v) is 4.26. The normalized spacial score (nSPS) is 11.0. The van der Waals surface area contributed by atoms with Crippen LogP contribution in [0.1, 0.15) is 37.1 Å². The molecule has 134 valence electrons. The van der Waals surface area contributed by atoms with Crippen molar-refractivity contribution in [3.63, 3.8) is 0 Å². The number of nitriles is 1. The van der Waals surface area contributed by atoms with E-state index in [1.165, 1.54) is 0 Å². The first-order valence-electron chi connectivity index (χ1n) is 8.95. The number of imidazole rings is 1. The largest absolute Gasteiger partial charge is 0.493 e. The first kappa shape index (κ1) is 18.0. The van der Waals surface area contributed by atoms with E-state index in [-0.39, 0.29) is 0 Å². The Bertz CT molecular complexity index is 908. The third kappa shape index (κ3) is 4.41. The smallest absolute Gasteiger partial charge is 0.137 e. The Labute approximate surface area is 154 Å². The minimum atomic E-state index is 0.626. The van der Waals surface area contributed by atoms with Gasteiger partial charge in [-0.25, -0.2) is 4.98 Å². The Balaban J connectivity index is 1.63. The molecule has 5 nitrogen and oxygen atoms in total. The van der Waals surface area contributed by atoms with Crippen LogP contribution in [-0.2, 0) is 13.1 Å². The van der Waals surface area contributed by atoms with Gasteiger partial charge in [0.15, 0.2) is 0 Å². The number of pyridine rings is 1. The lowest BCUT2D eigenvalue weighted by molar-refractivity contribution is 0.286. The first-order chi connectivity index (χ1) is 12.7. The van der Waals surface area contributed by atoms with Crippen LogP contribution in [0.3, 0.4) is 0 Å². The molecule has 0 amide bonds. The Morgan fingerprint density at radius 2 is 2.04 bits per heavy atom. The molecule has 2 aromatic heterocycles. The molecule has 3 rings (SSSR count). The zero-order valence-electron chi connectivity index (χ0n) is 15.3. The van der Waals surface area contributed by atoms with Crippen molar-refractivity contribution in [3.8, 4) is 11.8 Å². The average Bonchev–Trinajstić information content (AvgIpc) is 3.05. The van der Waals surface area contributed by atoms with Gasteiger partial charge in [0.05, 0.1) is 24.1 Å². The van der Waals surface area contributed by atoms with E-state index in [9.17, 15) is 0 Å². The summed E-state index contributed by atoms with van der Waals surface area (Å²) in [7, 11) is 0. The Hall–Kier alpha value is -2.84. The lowest BCUT2D eigenvalue weighted by atomic mass is 10.1. The summed E-state index contributed by atoms with van der Waals surface area (Å²) >= 11 is 0. The van der Waals surface area contributed by atoms with Crippen LogP contribution in [0.4, 0.5) is 0 Å². The van der Waals surface area contributed by atoms with Crippen LogP contribution in [0.25, 0.3) is 5.65 Å².